The lowest BCUT2D eigenvalue weighted by Gasteiger charge is -2.12. The number of hydrogen-bond donors (Lipinski definition) is 1. The third kappa shape index (κ3) is 3.39. The highest BCUT2D eigenvalue weighted by molar-refractivity contribution is 7.92. The topological polar surface area (TPSA) is 81.2 Å². The van der Waals surface area contributed by atoms with Gasteiger partial charge in [-0.05, 0) is 30.3 Å². The van der Waals surface area contributed by atoms with Crippen LogP contribution in [0, 0.1) is 0 Å². The number of halogens is 1. The Morgan fingerprint density at radius 1 is 0.926 bits per heavy atom. The first kappa shape index (κ1) is 17.5. The SMILES string of the molecule is COc1cc(NS(=O)(=O)c2ccccc2)c2nc3ccc(Cl)cc3nc2c1. The van der Waals surface area contributed by atoms with E-state index in [1.165, 1.54) is 19.2 Å². The molecule has 0 unspecified atom stereocenters. The molecule has 1 heterocycles. The molecule has 0 saturated heterocycles. The molecule has 1 aromatic heterocycles. The molecule has 0 aliphatic rings. The van der Waals surface area contributed by atoms with Gasteiger partial charge in [-0.3, -0.25) is 4.72 Å². The van der Waals surface area contributed by atoms with E-state index in [1.807, 2.05) is 0 Å². The summed E-state index contributed by atoms with van der Waals surface area (Å²) in [6.07, 6.45) is 0. The van der Waals surface area contributed by atoms with E-state index < -0.39 is 10.0 Å². The molecule has 0 bridgehead atoms. The van der Waals surface area contributed by atoms with Crippen molar-refractivity contribution in [1.82, 2.24) is 9.97 Å². The first-order chi connectivity index (χ1) is 13.0. The van der Waals surface area contributed by atoms with Gasteiger partial charge < -0.3 is 4.74 Å². The van der Waals surface area contributed by atoms with Crippen molar-refractivity contribution < 1.29 is 13.2 Å². The second kappa shape index (κ2) is 6.68. The van der Waals surface area contributed by atoms with Gasteiger partial charge in [0, 0.05) is 17.2 Å². The number of benzene rings is 3. The molecule has 0 amide bonds. The lowest BCUT2D eigenvalue weighted by molar-refractivity contribution is 0.415. The monoisotopic (exact) mass is 399 g/mol. The molecule has 3 aromatic carbocycles. The number of anilines is 1. The van der Waals surface area contributed by atoms with Crippen LogP contribution in [-0.4, -0.2) is 25.5 Å². The fourth-order valence-corrected chi connectivity index (χ4v) is 3.97. The summed E-state index contributed by atoms with van der Waals surface area (Å²) < 4.78 is 33.4. The third-order valence-corrected chi connectivity index (χ3v) is 5.62. The van der Waals surface area contributed by atoms with Gasteiger partial charge in [-0.1, -0.05) is 29.8 Å². The average molecular weight is 400 g/mol. The first-order valence-corrected chi connectivity index (χ1v) is 9.85. The molecule has 27 heavy (non-hydrogen) atoms. The second-order valence-electron chi connectivity index (χ2n) is 5.82. The maximum Gasteiger partial charge on any atom is 0.261 e. The fraction of sp³-hybridized carbons (Fsp3) is 0.0526. The zero-order valence-electron chi connectivity index (χ0n) is 14.2. The van der Waals surface area contributed by atoms with E-state index in [4.69, 9.17) is 16.3 Å². The Balaban J connectivity index is 1.92. The maximum absolute atomic E-state index is 12.7. The van der Waals surface area contributed by atoms with Gasteiger partial charge in [0.2, 0.25) is 0 Å². The van der Waals surface area contributed by atoms with Crippen molar-refractivity contribution in [3.05, 3.63) is 65.7 Å². The normalized spacial score (nSPS) is 11.6. The van der Waals surface area contributed by atoms with Crippen molar-refractivity contribution in [3.8, 4) is 5.75 Å². The number of ether oxygens (including phenoxy) is 1. The van der Waals surface area contributed by atoms with Gasteiger partial charge in [-0.25, -0.2) is 18.4 Å². The molecule has 0 saturated carbocycles. The predicted molar refractivity (Wildman–Crippen MR) is 106 cm³/mol. The van der Waals surface area contributed by atoms with Crippen LogP contribution in [-0.2, 0) is 10.0 Å². The fourth-order valence-electron chi connectivity index (χ4n) is 2.73. The minimum atomic E-state index is -3.78. The van der Waals surface area contributed by atoms with Gasteiger partial charge in [0.25, 0.3) is 10.0 Å². The molecular formula is C19H14ClN3O3S. The van der Waals surface area contributed by atoms with E-state index in [1.54, 1.807) is 48.5 Å². The average Bonchev–Trinajstić information content (AvgIpc) is 2.67. The van der Waals surface area contributed by atoms with Gasteiger partial charge in [0.15, 0.2) is 0 Å². The Morgan fingerprint density at radius 2 is 1.70 bits per heavy atom. The summed E-state index contributed by atoms with van der Waals surface area (Å²) in [5, 5.41) is 0.545. The van der Waals surface area contributed by atoms with E-state index in [9.17, 15) is 8.42 Å². The Morgan fingerprint density at radius 3 is 2.44 bits per heavy atom. The number of nitrogens with zero attached hydrogens (tertiary/aromatic N) is 2. The van der Waals surface area contributed by atoms with Crippen molar-refractivity contribution in [2.24, 2.45) is 0 Å². The first-order valence-electron chi connectivity index (χ1n) is 7.99. The van der Waals surface area contributed by atoms with Crippen LogP contribution in [0.2, 0.25) is 5.02 Å². The quantitative estimate of drug-likeness (QED) is 0.519. The van der Waals surface area contributed by atoms with Crippen LogP contribution in [0.15, 0.2) is 65.6 Å². The summed E-state index contributed by atoms with van der Waals surface area (Å²) in [5.41, 5.74) is 2.43. The second-order valence-corrected chi connectivity index (χ2v) is 7.94. The summed E-state index contributed by atoms with van der Waals surface area (Å²) in [5.74, 6) is 0.462. The largest absolute Gasteiger partial charge is 0.497 e. The van der Waals surface area contributed by atoms with Crippen molar-refractivity contribution >= 4 is 49.4 Å². The molecule has 0 aliphatic carbocycles. The highest BCUT2D eigenvalue weighted by Crippen LogP contribution is 2.30. The van der Waals surface area contributed by atoms with E-state index in [0.29, 0.717) is 32.8 Å². The smallest absolute Gasteiger partial charge is 0.261 e. The molecule has 0 spiro atoms. The van der Waals surface area contributed by atoms with Gasteiger partial charge in [-0.15, -0.1) is 0 Å². The van der Waals surface area contributed by atoms with Crippen LogP contribution in [0.3, 0.4) is 0 Å². The maximum atomic E-state index is 12.7. The van der Waals surface area contributed by atoms with E-state index in [0.717, 1.165) is 0 Å². The van der Waals surface area contributed by atoms with E-state index >= 15 is 0 Å². The number of nitrogens with one attached hydrogen (secondary N) is 1. The van der Waals surface area contributed by atoms with Crippen molar-refractivity contribution in [1.29, 1.82) is 0 Å². The minimum absolute atomic E-state index is 0.154. The molecule has 6 nitrogen and oxygen atoms in total. The molecule has 4 rings (SSSR count). The molecule has 0 atom stereocenters. The lowest BCUT2D eigenvalue weighted by atomic mass is 10.2. The molecule has 136 valence electrons. The Kier molecular flexibility index (Phi) is 4.33. The van der Waals surface area contributed by atoms with Crippen molar-refractivity contribution in [2.45, 2.75) is 4.90 Å². The van der Waals surface area contributed by atoms with Crippen LogP contribution in [0.25, 0.3) is 22.1 Å². The molecule has 0 fully saturated rings. The van der Waals surface area contributed by atoms with E-state index in [2.05, 4.69) is 14.7 Å². The predicted octanol–water partition coefficient (Wildman–Crippen LogP) is 4.25. The van der Waals surface area contributed by atoms with Crippen LogP contribution >= 0.6 is 11.6 Å². The van der Waals surface area contributed by atoms with Gasteiger partial charge >= 0.3 is 0 Å². The number of aromatic nitrogens is 2. The summed E-state index contributed by atoms with van der Waals surface area (Å²) in [4.78, 5) is 9.27. The number of methoxy groups -OCH3 is 1. The molecule has 4 aromatic rings. The van der Waals surface area contributed by atoms with Gasteiger partial charge in [-0.2, -0.15) is 0 Å². The zero-order chi connectivity index (χ0) is 19.0. The van der Waals surface area contributed by atoms with Crippen molar-refractivity contribution in [3.63, 3.8) is 0 Å². The standard InChI is InChI=1S/C19H14ClN3O3S/c1-26-13-10-17-19(22-15-8-7-12(20)9-16(15)21-17)18(11-13)23-27(24,25)14-5-3-2-4-6-14/h2-11,23H,1H3. The summed E-state index contributed by atoms with van der Waals surface area (Å²) in [6, 6.07) is 16.6. The van der Waals surface area contributed by atoms with Gasteiger partial charge in [0.1, 0.15) is 11.3 Å². The number of fused-ring (bicyclic) bond motifs is 2. The van der Waals surface area contributed by atoms with Crippen LogP contribution < -0.4 is 9.46 Å². The Labute approximate surface area is 160 Å². The Hall–Kier alpha value is -2.90. The Bertz CT molecular complexity index is 1260. The van der Waals surface area contributed by atoms with Crippen molar-refractivity contribution in [2.75, 3.05) is 11.8 Å². The molecule has 1 N–H and O–H groups in total. The summed E-state index contributed by atoms with van der Waals surface area (Å²) in [7, 11) is -2.28. The van der Waals surface area contributed by atoms with Gasteiger partial charge in [0.05, 0.1) is 34.2 Å². The van der Waals surface area contributed by atoms with E-state index in [-0.39, 0.29) is 10.6 Å². The molecular weight excluding hydrogens is 386 g/mol. The summed E-state index contributed by atoms with van der Waals surface area (Å²) >= 11 is 6.03. The lowest BCUT2D eigenvalue weighted by Crippen LogP contribution is -2.13. The molecule has 0 aliphatic heterocycles. The third-order valence-electron chi connectivity index (χ3n) is 4.01. The molecule has 8 heteroatoms. The number of rotatable bonds is 4. The highest BCUT2D eigenvalue weighted by Gasteiger charge is 2.18. The molecule has 0 radical (unpaired) electrons. The van der Waals surface area contributed by atoms with Crippen LogP contribution in [0.4, 0.5) is 5.69 Å². The zero-order valence-corrected chi connectivity index (χ0v) is 15.8. The van der Waals surface area contributed by atoms with Crippen LogP contribution in [0.5, 0.6) is 5.75 Å². The number of hydrogen-bond acceptors (Lipinski definition) is 5. The van der Waals surface area contributed by atoms with Crippen LogP contribution in [0.1, 0.15) is 0 Å². The minimum Gasteiger partial charge on any atom is -0.497 e. The number of sulfonamides is 1. The highest BCUT2D eigenvalue weighted by atomic mass is 35.5. The summed E-state index contributed by atoms with van der Waals surface area (Å²) in [6.45, 7) is 0.